The third kappa shape index (κ3) is 2.62. The number of hydrogen-bond acceptors (Lipinski definition) is 4. The summed E-state index contributed by atoms with van der Waals surface area (Å²) < 4.78 is 11.6. The van der Waals surface area contributed by atoms with Crippen LogP contribution in [0.5, 0.6) is 11.5 Å². The molecule has 0 atom stereocenters. The van der Waals surface area contributed by atoms with Crippen LogP contribution in [0.25, 0.3) is 10.1 Å². The Morgan fingerprint density at radius 3 is 2.87 bits per heavy atom. The molecule has 0 saturated heterocycles. The van der Waals surface area contributed by atoms with E-state index in [9.17, 15) is 4.79 Å². The number of carbonyl (C=O) groups excluding carboxylic acids is 1. The molecule has 4 rings (SSSR count). The summed E-state index contributed by atoms with van der Waals surface area (Å²) in [6.45, 7) is 0.641. The van der Waals surface area contributed by atoms with Gasteiger partial charge >= 0.3 is 0 Å². The number of benzene rings is 2. The number of ether oxygens (including phenoxy) is 2. The normalized spacial score (nSPS) is 12.6. The first-order chi connectivity index (χ1) is 11.2. The van der Waals surface area contributed by atoms with Crippen LogP contribution in [0.2, 0.25) is 5.02 Å². The first kappa shape index (κ1) is 14.4. The summed E-state index contributed by atoms with van der Waals surface area (Å²) in [5.41, 5.74) is 0.944. The Morgan fingerprint density at radius 1 is 1.17 bits per heavy atom. The summed E-state index contributed by atoms with van der Waals surface area (Å²) in [5.74, 6) is 1.26. The average molecular weight is 346 g/mol. The molecule has 0 aliphatic carbocycles. The molecule has 116 valence electrons. The third-order valence-electron chi connectivity index (χ3n) is 3.63. The monoisotopic (exact) mass is 345 g/mol. The Balaban J connectivity index is 1.52. The maximum absolute atomic E-state index is 12.4. The van der Waals surface area contributed by atoms with Crippen molar-refractivity contribution in [3.63, 3.8) is 0 Å². The molecule has 2 aromatic carbocycles. The van der Waals surface area contributed by atoms with Gasteiger partial charge in [-0.3, -0.25) is 4.79 Å². The zero-order valence-corrected chi connectivity index (χ0v) is 13.5. The minimum Gasteiger partial charge on any atom is -0.454 e. The predicted octanol–water partition coefficient (Wildman–Crippen LogP) is 4.21. The zero-order chi connectivity index (χ0) is 15.8. The highest BCUT2D eigenvalue weighted by Crippen LogP contribution is 2.35. The van der Waals surface area contributed by atoms with Gasteiger partial charge in [-0.15, -0.1) is 11.3 Å². The number of thiophene rings is 1. The molecule has 4 nitrogen and oxygen atoms in total. The van der Waals surface area contributed by atoms with Gasteiger partial charge < -0.3 is 14.8 Å². The van der Waals surface area contributed by atoms with E-state index < -0.39 is 0 Å². The fraction of sp³-hybridized carbons (Fsp3) is 0.118. The van der Waals surface area contributed by atoms with Gasteiger partial charge in [-0.05, 0) is 23.8 Å². The molecule has 3 aromatic rings. The predicted molar refractivity (Wildman–Crippen MR) is 90.6 cm³/mol. The molecule has 6 heteroatoms. The van der Waals surface area contributed by atoms with E-state index in [0.717, 1.165) is 21.4 Å². The SMILES string of the molecule is O=C(NCc1ccc2c(c1)OCO2)c1sc2ccccc2c1Cl. The van der Waals surface area contributed by atoms with Gasteiger partial charge in [0.15, 0.2) is 11.5 Å². The molecule has 0 bridgehead atoms. The van der Waals surface area contributed by atoms with E-state index in [1.54, 1.807) is 0 Å². The molecule has 1 N–H and O–H groups in total. The molecule has 1 aliphatic heterocycles. The quantitative estimate of drug-likeness (QED) is 0.773. The molecule has 0 unspecified atom stereocenters. The second-order valence-electron chi connectivity index (χ2n) is 5.11. The number of nitrogens with one attached hydrogen (secondary N) is 1. The highest BCUT2D eigenvalue weighted by Gasteiger charge is 2.17. The summed E-state index contributed by atoms with van der Waals surface area (Å²) in [6, 6.07) is 13.3. The molecular weight excluding hydrogens is 334 g/mol. The van der Waals surface area contributed by atoms with Crippen LogP contribution >= 0.6 is 22.9 Å². The smallest absolute Gasteiger partial charge is 0.263 e. The Hall–Kier alpha value is -2.24. The lowest BCUT2D eigenvalue weighted by Gasteiger charge is -2.05. The van der Waals surface area contributed by atoms with Crippen LogP contribution in [0.3, 0.4) is 0 Å². The van der Waals surface area contributed by atoms with E-state index in [-0.39, 0.29) is 12.7 Å². The Bertz CT molecular complexity index is 906. The molecule has 23 heavy (non-hydrogen) atoms. The van der Waals surface area contributed by atoms with Crippen molar-refractivity contribution < 1.29 is 14.3 Å². The van der Waals surface area contributed by atoms with Crippen LogP contribution in [-0.2, 0) is 6.54 Å². The van der Waals surface area contributed by atoms with Crippen LogP contribution in [0, 0.1) is 0 Å². The van der Waals surface area contributed by atoms with Crippen molar-refractivity contribution >= 4 is 38.9 Å². The summed E-state index contributed by atoms with van der Waals surface area (Å²) in [7, 11) is 0. The third-order valence-corrected chi connectivity index (χ3v) is 5.31. The van der Waals surface area contributed by atoms with Crippen LogP contribution in [0.1, 0.15) is 15.2 Å². The second-order valence-corrected chi connectivity index (χ2v) is 6.54. The van der Waals surface area contributed by atoms with Gasteiger partial charge in [0.25, 0.3) is 5.91 Å². The molecule has 0 fully saturated rings. The minimum absolute atomic E-state index is 0.172. The summed E-state index contributed by atoms with van der Waals surface area (Å²) in [5, 5.41) is 4.32. The maximum atomic E-state index is 12.4. The van der Waals surface area contributed by atoms with Gasteiger partial charge in [0, 0.05) is 16.6 Å². The van der Waals surface area contributed by atoms with Crippen LogP contribution in [0.15, 0.2) is 42.5 Å². The lowest BCUT2D eigenvalue weighted by atomic mass is 10.2. The van der Waals surface area contributed by atoms with Crippen molar-refractivity contribution in [2.75, 3.05) is 6.79 Å². The zero-order valence-electron chi connectivity index (χ0n) is 12.0. The molecule has 1 aliphatic rings. The summed E-state index contributed by atoms with van der Waals surface area (Å²) in [4.78, 5) is 12.9. The number of carbonyl (C=O) groups is 1. The summed E-state index contributed by atoms with van der Waals surface area (Å²) >= 11 is 7.72. The highest BCUT2D eigenvalue weighted by molar-refractivity contribution is 7.21. The lowest BCUT2D eigenvalue weighted by molar-refractivity contribution is 0.0955. The fourth-order valence-electron chi connectivity index (χ4n) is 2.47. The van der Waals surface area contributed by atoms with Crippen molar-refractivity contribution in [1.29, 1.82) is 0 Å². The van der Waals surface area contributed by atoms with E-state index in [1.807, 2.05) is 42.5 Å². The van der Waals surface area contributed by atoms with Crippen molar-refractivity contribution in [2.24, 2.45) is 0 Å². The number of fused-ring (bicyclic) bond motifs is 2. The largest absolute Gasteiger partial charge is 0.454 e. The maximum Gasteiger partial charge on any atom is 0.263 e. The highest BCUT2D eigenvalue weighted by atomic mass is 35.5. The topological polar surface area (TPSA) is 47.6 Å². The van der Waals surface area contributed by atoms with Crippen molar-refractivity contribution in [2.45, 2.75) is 6.54 Å². The van der Waals surface area contributed by atoms with Gasteiger partial charge in [0.05, 0.1) is 5.02 Å². The first-order valence-electron chi connectivity index (χ1n) is 7.06. The Morgan fingerprint density at radius 2 is 2.00 bits per heavy atom. The van der Waals surface area contributed by atoms with E-state index in [1.165, 1.54) is 11.3 Å². The first-order valence-corrected chi connectivity index (χ1v) is 8.25. The van der Waals surface area contributed by atoms with E-state index >= 15 is 0 Å². The lowest BCUT2D eigenvalue weighted by Crippen LogP contribution is -2.22. The minimum atomic E-state index is -0.172. The van der Waals surface area contributed by atoms with Crippen molar-refractivity contribution in [3.05, 3.63) is 57.9 Å². The molecular formula is C17H12ClNO3S. The molecule has 0 spiro atoms. The van der Waals surface area contributed by atoms with Gasteiger partial charge in [0.1, 0.15) is 4.88 Å². The number of halogens is 1. The molecule has 0 saturated carbocycles. The van der Waals surface area contributed by atoms with Crippen LogP contribution in [-0.4, -0.2) is 12.7 Å². The molecule has 1 amide bonds. The number of rotatable bonds is 3. The molecule has 0 radical (unpaired) electrons. The Labute approximate surface area is 141 Å². The number of hydrogen-bond donors (Lipinski definition) is 1. The number of amides is 1. The standard InChI is InChI=1S/C17H12ClNO3S/c18-15-11-3-1-2-4-14(11)23-16(15)17(20)19-8-10-5-6-12-13(7-10)22-9-21-12/h1-7H,8-9H2,(H,19,20). The van der Waals surface area contributed by atoms with E-state index in [4.69, 9.17) is 21.1 Å². The average Bonchev–Trinajstić information content (AvgIpc) is 3.17. The second kappa shape index (κ2) is 5.76. The van der Waals surface area contributed by atoms with Crippen LogP contribution < -0.4 is 14.8 Å². The Kier molecular flexibility index (Phi) is 3.59. The van der Waals surface area contributed by atoms with E-state index in [2.05, 4.69) is 5.32 Å². The van der Waals surface area contributed by atoms with Crippen LogP contribution in [0.4, 0.5) is 0 Å². The molecule has 2 heterocycles. The molecule has 1 aromatic heterocycles. The van der Waals surface area contributed by atoms with Gasteiger partial charge in [-0.2, -0.15) is 0 Å². The van der Waals surface area contributed by atoms with Gasteiger partial charge in [-0.25, -0.2) is 0 Å². The van der Waals surface area contributed by atoms with E-state index in [0.29, 0.717) is 22.2 Å². The van der Waals surface area contributed by atoms with Gasteiger partial charge in [0.2, 0.25) is 6.79 Å². The van der Waals surface area contributed by atoms with Crippen molar-refractivity contribution in [1.82, 2.24) is 5.32 Å². The fourth-order valence-corrected chi connectivity index (χ4v) is 3.91. The van der Waals surface area contributed by atoms with Gasteiger partial charge in [-0.1, -0.05) is 35.9 Å². The summed E-state index contributed by atoms with van der Waals surface area (Å²) in [6.07, 6.45) is 0. The van der Waals surface area contributed by atoms with Crippen molar-refractivity contribution in [3.8, 4) is 11.5 Å².